The van der Waals surface area contributed by atoms with Crippen molar-refractivity contribution in [2.75, 3.05) is 0 Å². The Labute approximate surface area is 114 Å². The molecule has 3 nitrogen and oxygen atoms in total. The molecule has 1 fully saturated rings. The molecule has 2 aliphatic rings. The SMILES string of the molecule is O=C(C1CC=CCC1)N(Cc1ccncc1)C1CC1. The predicted molar refractivity (Wildman–Crippen MR) is 74.3 cm³/mol. The Morgan fingerprint density at radius 3 is 2.63 bits per heavy atom. The first-order chi connectivity index (χ1) is 9.34. The van der Waals surface area contributed by atoms with Gasteiger partial charge in [0.05, 0.1) is 0 Å². The third kappa shape index (κ3) is 3.03. The molecule has 19 heavy (non-hydrogen) atoms. The van der Waals surface area contributed by atoms with Crippen LogP contribution in [0.15, 0.2) is 36.7 Å². The van der Waals surface area contributed by atoms with Crippen molar-refractivity contribution in [3.8, 4) is 0 Å². The van der Waals surface area contributed by atoms with Crippen LogP contribution in [0.3, 0.4) is 0 Å². The van der Waals surface area contributed by atoms with Crippen LogP contribution in [0.2, 0.25) is 0 Å². The first-order valence-corrected chi connectivity index (χ1v) is 7.19. The van der Waals surface area contributed by atoms with Crippen molar-refractivity contribution >= 4 is 5.91 Å². The van der Waals surface area contributed by atoms with Gasteiger partial charge in [0.2, 0.25) is 5.91 Å². The second kappa shape index (κ2) is 5.55. The molecule has 3 heteroatoms. The quantitative estimate of drug-likeness (QED) is 0.776. The van der Waals surface area contributed by atoms with E-state index in [0.29, 0.717) is 11.9 Å². The highest BCUT2D eigenvalue weighted by atomic mass is 16.2. The molecule has 0 saturated heterocycles. The lowest BCUT2D eigenvalue weighted by Crippen LogP contribution is -2.37. The van der Waals surface area contributed by atoms with E-state index in [2.05, 4.69) is 22.0 Å². The Kier molecular flexibility index (Phi) is 3.62. The zero-order valence-electron chi connectivity index (χ0n) is 11.2. The number of carbonyl (C=O) groups excluding carboxylic acids is 1. The summed E-state index contributed by atoms with van der Waals surface area (Å²) in [6.45, 7) is 0.742. The van der Waals surface area contributed by atoms with Crippen LogP contribution in [-0.4, -0.2) is 21.8 Å². The van der Waals surface area contributed by atoms with Gasteiger partial charge in [0.1, 0.15) is 0 Å². The van der Waals surface area contributed by atoms with E-state index in [1.165, 1.54) is 18.4 Å². The minimum atomic E-state index is 0.201. The number of pyridine rings is 1. The van der Waals surface area contributed by atoms with Crippen LogP contribution in [0.5, 0.6) is 0 Å². The summed E-state index contributed by atoms with van der Waals surface area (Å²) >= 11 is 0. The summed E-state index contributed by atoms with van der Waals surface area (Å²) in [6, 6.07) is 4.49. The maximum Gasteiger partial charge on any atom is 0.226 e. The van der Waals surface area contributed by atoms with Gasteiger partial charge >= 0.3 is 0 Å². The molecule has 3 rings (SSSR count). The first kappa shape index (κ1) is 12.4. The van der Waals surface area contributed by atoms with E-state index in [9.17, 15) is 4.79 Å². The average molecular weight is 256 g/mol. The highest BCUT2D eigenvalue weighted by Crippen LogP contribution is 2.32. The molecular weight excluding hydrogens is 236 g/mol. The Bertz CT molecular complexity index is 465. The number of aromatic nitrogens is 1. The van der Waals surface area contributed by atoms with Crippen LogP contribution in [0.4, 0.5) is 0 Å². The molecule has 1 aromatic heterocycles. The van der Waals surface area contributed by atoms with E-state index in [1.807, 2.05) is 12.1 Å². The topological polar surface area (TPSA) is 33.2 Å². The van der Waals surface area contributed by atoms with Crippen molar-refractivity contribution in [1.29, 1.82) is 0 Å². The molecule has 1 aromatic rings. The Morgan fingerprint density at radius 1 is 1.21 bits per heavy atom. The van der Waals surface area contributed by atoms with Crippen LogP contribution in [0.1, 0.15) is 37.7 Å². The highest BCUT2D eigenvalue weighted by molar-refractivity contribution is 5.79. The Hall–Kier alpha value is -1.64. The Morgan fingerprint density at radius 2 is 2.00 bits per heavy atom. The van der Waals surface area contributed by atoms with Gasteiger partial charge in [-0.15, -0.1) is 0 Å². The van der Waals surface area contributed by atoms with Gasteiger partial charge in [0, 0.05) is 30.9 Å². The fourth-order valence-corrected chi connectivity index (χ4v) is 2.71. The molecule has 1 amide bonds. The lowest BCUT2D eigenvalue weighted by Gasteiger charge is -2.28. The average Bonchev–Trinajstić information content (AvgIpc) is 3.31. The van der Waals surface area contributed by atoms with Crippen molar-refractivity contribution in [3.63, 3.8) is 0 Å². The first-order valence-electron chi connectivity index (χ1n) is 7.19. The van der Waals surface area contributed by atoms with E-state index < -0.39 is 0 Å². The second-order valence-electron chi connectivity index (χ2n) is 5.53. The summed E-state index contributed by atoms with van der Waals surface area (Å²) in [5.41, 5.74) is 1.18. The summed E-state index contributed by atoms with van der Waals surface area (Å²) < 4.78 is 0. The molecule has 0 bridgehead atoms. The smallest absolute Gasteiger partial charge is 0.226 e. The standard InChI is InChI=1S/C16H20N2O/c19-16(14-4-2-1-3-5-14)18(15-6-7-15)12-13-8-10-17-11-9-13/h1-2,8-11,14-15H,3-7,12H2. The van der Waals surface area contributed by atoms with Gasteiger partial charge < -0.3 is 4.90 Å². The van der Waals surface area contributed by atoms with Gasteiger partial charge in [0.15, 0.2) is 0 Å². The van der Waals surface area contributed by atoms with E-state index >= 15 is 0 Å². The molecule has 0 aliphatic heterocycles. The number of allylic oxidation sites excluding steroid dienone is 2. The molecule has 0 aromatic carbocycles. The van der Waals surface area contributed by atoms with Gasteiger partial charge in [-0.3, -0.25) is 9.78 Å². The van der Waals surface area contributed by atoms with Crippen molar-refractivity contribution in [2.45, 2.75) is 44.7 Å². The third-order valence-electron chi connectivity index (χ3n) is 3.99. The van der Waals surface area contributed by atoms with Gasteiger partial charge in [-0.25, -0.2) is 0 Å². The van der Waals surface area contributed by atoms with Crippen molar-refractivity contribution in [3.05, 3.63) is 42.2 Å². The van der Waals surface area contributed by atoms with Crippen molar-refractivity contribution in [2.24, 2.45) is 5.92 Å². The summed E-state index contributed by atoms with van der Waals surface area (Å²) in [4.78, 5) is 18.8. The number of nitrogens with zero attached hydrogens (tertiary/aromatic N) is 2. The minimum Gasteiger partial charge on any atom is -0.335 e. The maximum absolute atomic E-state index is 12.7. The Balaban J connectivity index is 1.70. The predicted octanol–water partition coefficient (Wildman–Crippen LogP) is 2.93. The van der Waals surface area contributed by atoms with E-state index in [4.69, 9.17) is 0 Å². The molecular formula is C16H20N2O. The van der Waals surface area contributed by atoms with Gasteiger partial charge in [0.25, 0.3) is 0 Å². The zero-order valence-corrected chi connectivity index (χ0v) is 11.2. The number of rotatable bonds is 4. The van der Waals surface area contributed by atoms with Gasteiger partial charge in [-0.1, -0.05) is 12.2 Å². The second-order valence-corrected chi connectivity index (χ2v) is 5.53. The minimum absolute atomic E-state index is 0.201. The summed E-state index contributed by atoms with van der Waals surface area (Å²) in [6.07, 6.45) is 13.2. The number of amides is 1. The molecule has 100 valence electrons. The summed E-state index contributed by atoms with van der Waals surface area (Å²) in [5.74, 6) is 0.552. The molecule has 1 heterocycles. The summed E-state index contributed by atoms with van der Waals surface area (Å²) in [7, 11) is 0. The number of hydrogen-bond acceptors (Lipinski definition) is 2. The van der Waals surface area contributed by atoms with E-state index in [1.54, 1.807) is 12.4 Å². The third-order valence-corrected chi connectivity index (χ3v) is 3.99. The zero-order chi connectivity index (χ0) is 13.1. The maximum atomic E-state index is 12.7. The molecule has 1 saturated carbocycles. The van der Waals surface area contributed by atoms with E-state index in [-0.39, 0.29) is 5.92 Å². The molecule has 1 atom stereocenters. The molecule has 1 unspecified atom stereocenters. The monoisotopic (exact) mass is 256 g/mol. The van der Waals surface area contributed by atoms with E-state index in [0.717, 1.165) is 25.8 Å². The largest absolute Gasteiger partial charge is 0.335 e. The normalized spacial score (nSPS) is 22.2. The lowest BCUT2D eigenvalue weighted by atomic mass is 9.93. The molecule has 0 N–H and O–H groups in total. The van der Waals surface area contributed by atoms with Crippen LogP contribution in [-0.2, 0) is 11.3 Å². The van der Waals surface area contributed by atoms with Crippen molar-refractivity contribution in [1.82, 2.24) is 9.88 Å². The fraction of sp³-hybridized carbons (Fsp3) is 0.500. The fourth-order valence-electron chi connectivity index (χ4n) is 2.71. The van der Waals surface area contributed by atoms with Crippen molar-refractivity contribution < 1.29 is 4.79 Å². The summed E-state index contributed by atoms with van der Waals surface area (Å²) in [5, 5.41) is 0. The lowest BCUT2D eigenvalue weighted by molar-refractivity contribution is -0.137. The molecule has 0 spiro atoms. The molecule has 0 radical (unpaired) electrons. The number of carbonyl (C=O) groups is 1. The van der Waals surface area contributed by atoms with Gasteiger partial charge in [-0.05, 0) is 49.8 Å². The van der Waals surface area contributed by atoms with Crippen LogP contribution < -0.4 is 0 Å². The molecule has 2 aliphatic carbocycles. The van der Waals surface area contributed by atoms with Crippen LogP contribution >= 0.6 is 0 Å². The van der Waals surface area contributed by atoms with Crippen LogP contribution in [0, 0.1) is 5.92 Å². The van der Waals surface area contributed by atoms with Gasteiger partial charge in [-0.2, -0.15) is 0 Å². The highest BCUT2D eigenvalue weighted by Gasteiger charge is 2.35. The number of hydrogen-bond donors (Lipinski definition) is 0. The van der Waals surface area contributed by atoms with Crippen LogP contribution in [0.25, 0.3) is 0 Å².